The molecule has 0 spiro atoms. The molecule has 1 aliphatic heterocycles. The van der Waals surface area contributed by atoms with E-state index in [0.717, 1.165) is 5.92 Å². The highest BCUT2D eigenvalue weighted by atomic mass is 79.9. The van der Waals surface area contributed by atoms with Gasteiger partial charge in [-0.25, -0.2) is 0 Å². The lowest BCUT2D eigenvalue weighted by Gasteiger charge is -1.88. The van der Waals surface area contributed by atoms with Crippen LogP contribution in [0.15, 0.2) is 9.89 Å². The summed E-state index contributed by atoms with van der Waals surface area (Å²) < 4.78 is 1.31. The fourth-order valence-electron chi connectivity index (χ4n) is 0.531. The van der Waals surface area contributed by atoms with Gasteiger partial charge >= 0.3 is 0 Å². The summed E-state index contributed by atoms with van der Waals surface area (Å²) in [5.74, 6) is 2.03. The highest BCUT2D eigenvalue weighted by molar-refractivity contribution is 9.14. The van der Waals surface area contributed by atoms with Crippen molar-refractivity contribution >= 4 is 27.7 Å². The zero-order valence-corrected chi connectivity index (χ0v) is 6.55. The number of hydrogen-bond acceptors (Lipinski definition) is 1. The van der Waals surface area contributed by atoms with Crippen LogP contribution < -0.4 is 0 Å². The zero-order chi connectivity index (χ0) is 5.28. The Morgan fingerprint density at radius 1 is 2.00 bits per heavy atom. The topological polar surface area (TPSA) is 0 Å². The SMILES string of the molecule is C[C@@H]1C=C(Br)SC1. The van der Waals surface area contributed by atoms with Crippen LogP contribution in [0, 0.1) is 5.92 Å². The molecule has 0 radical (unpaired) electrons. The highest BCUT2D eigenvalue weighted by Crippen LogP contribution is 2.32. The third-order valence-corrected chi connectivity index (χ3v) is 2.96. The summed E-state index contributed by atoms with van der Waals surface area (Å²) in [5.41, 5.74) is 0. The van der Waals surface area contributed by atoms with Crippen molar-refractivity contribution in [1.29, 1.82) is 0 Å². The molecular weight excluding hydrogens is 172 g/mol. The first-order valence-electron chi connectivity index (χ1n) is 2.29. The smallest absolute Gasteiger partial charge is 0.0466 e. The molecule has 1 atom stereocenters. The lowest BCUT2D eigenvalue weighted by Crippen LogP contribution is -1.83. The van der Waals surface area contributed by atoms with Crippen LogP contribution in [0.2, 0.25) is 0 Å². The van der Waals surface area contributed by atoms with E-state index in [1.165, 1.54) is 9.57 Å². The maximum Gasteiger partial charge on any atom is 0.0466 e. The molecule has 0 fully saturated rings. The predicted molar refractivity (Wildman–Crippen MR) is 38.6 cm³/mol. The standard InChI is InChI=1S/C5H7BrS/c1-4-2-5(6)7-3-4/h2,4H,3H2,1H3/t4-/m1/s1. The normalized spacial score (nSPS) is 30.6. The van der Waals surface area contributed by atoms with Crippen molar-refractivity contribution in [2.24, 2.45) is 5.92 Å². The third kappa shape index (κ3) is 1.50. The fraction of sp³-hybridized carbons (Fsp3) is 0.600. The van der Waals surface area contributed by atoms with E-state index in [1.807, 2.05) is 11.8 Å². The molecule has 0 aromatic heterocycles. The Kier molecular flexibility index (Phi) is 1.81. The summed E-state index contributed by atoms with van der Waals surface area (Å²) in [4.78, 5) is 0. The minimum atomic E-state index is 0.777. The van der Waals surface area contributed by atoms with Crippen LogP contribution in [-0.4, -0.2) is 5.75 Å². The van der Waals surface area contributed by atoms with E-state index >= 15 is 0 Å². The largest absolute Gasteiger partial charge is 0.118 e. The van der Waals surface area contributed by atoms with Gasteiger partial charge in [0.25, 0.3) is 0 Å². The van der Waals surface area contributed by atoms with Crippen LogP contribution >= 0.6 is 27.7 Å². The number of halogens is 1. The summed E-state index contributed by atoms with van der Waals surface area (Å²) in [7, 11) is 0. The lowest BCUT2D eigenvalue weighted by molar-refractivity contribution is 0.860. The molecule has 0 N–H and O–H groups in total. The first-order valence-corrected chi connectivity index (χ1v) is 4.07. The van der Waals surface area contributed by atoms with Crippen LogP contribution in [0.25, 0.3) is 0 Å². The molecule has 1 heterocycles. The van der Waals surface area contributed by atoms with Gasteiger partial charge in [-0.2, -0.15) is 0 Å². The van der Waals surface area contributed by atoms with Gasteiger partial charge in [0.1, 0.15) is 0 Å². The number of thioether (sulfide) groups is 1. The first kappa shape index (κ1) is 5.70. The quantitative estimate of drug-likeness (QED) is 0.550. The minimum absolute atomic E-state index is 0.777. The number of hydrogen-bond donors (Lipinski definition) is 0. The van der Waals surface area contributed by atoms with Gasteiger partial charge in [0.05, 0.1) is 0 Å². The maximum absolute atomic E-state index is 3.40. The monoisotopic (exact) mass is 178 g/mol. The van der Waals surface area contributed by atoms with Crippen LogP contribution in [0.1, 0.15) is 6.92 Å². The van der Waals surface area contributed by atoms with Gasteiger partial charge in [0.15, 0.2) is 0 Å². The molecule has 0 saturated carbocycles. The summed E-state index contributed by atoms with van der Waals surface area (Å²) in [6.45, 7) is 2.22. The van der Waals surface area contributed by atoms with Crippen LogP contribution in [0.5, 0.6) is 0 Å². The van der Waals surface area contributed by atoms with E-state index in [1.54, 1.807) is 0 Å². The molecule has 2 heteroatoms. The van der Waals surface area contributed by atoms with Gasteiger partial charge in [0, 0.05) is 9.57 Å². The highest BCUT2D eigenvalue weighted by Gasteiger charge is 2.07. The van der Waals surface area contributed by atoms with Gasteiger partial charge < -0.3 is 0 Å². The lowest BCUT2D eigenvalue weighted by atomic mass is 10.2. The van der Waals surface area contributed by atoms with Crippen molar-refractivity contribution in [3.05, 3.63) is 9.89 Å². The minimum Gasteiger partial charge on any atom is -0.118 e. The van der Waals surface area contributed by atoms with Gasteiger partial charge in [0.2, 0.25) is 0 Å². The van der Waals surface area contributed by atoms with Crippen molar-refractivity contribution in [3.8, 4) is 0 Å². The molecule has 7 heavy (non-hydrogen) atoms. The molecule has 0 unspecified atom stereocenters. The van der Waals surface area contributed by atoms with E-state index in [4.69, 9.17) is 0 Å². The molecule has 0 bridgehead atoms. The molecule has 40 valence electrons. The Balaban J connectivity index is 2.50. The van der Waals surface area contributed by atoms with Crippen molar-refractivity contribution in [1.82, 2.24) is 0 Å². The zero-order valence-electron chi connectivity index (χ0n) is 4.15. The summed E-state index contributed by atoms with van der Waals surface area (Å²) in [6.07, 6.45) is 2.24. The van der Waals surface area contributed by atoms with E-state index in [2.05, 4.69) is 28.9 Å². The van der Waals surface area contributed by atoms with E-state index in [9.17, 15) is 0 Å². The van der Waals surface area contributed by atoms with E-state index in [-0.39, 0.29) is 0 Å². The third-order valence-electron chi connectivity index (χ3n) is 0.900. The van der Waals surface area contributed by atoms with Gasteiger partial charge in [-0.1, -0.05) is 13.0 Å². The second-order valence-electron chi connectivity index (χ2n) is 1.76. The maximum atomic E-state index is 3.40. The van der Waals surface area contributed by atoms with Gasteiger partial charge in [-0.15, -0.1) is 11.8 Å². The molecule has 0 aliphatic carbocycles. The molecule has 0 aromatic carbocycles. The molecule has 1 rings (SSSR count). The van der Waals surface area contributed by atoms with E-state index in [0.29, 0.717) is 0 Å². The Labute approximate surface area is 56.5 Å². The summed E-state index contributed by atoms with van der Waals surface area (Å²) in [6, 6.07) is 0. The first-order chi connectivity index (χ1) is 3.29. The van der Waals surface area contributed by atoms with Crippen molar-refractivity contribution in [2.45, 2.75) is 6.92 Å². The fourth-order valence-corrected chi connectivity index (χ4v) is 2.23. The summed E-state index contributed by atoms with van der Waals surface area (Å²) in [5, 5.41) is 0. The van der Waals surface area contributed by atoms with E-state index < -0.39 is 0 Å². The summed E-state index contributed by atoms with van der Waals surface area (Å²) >= 11 is 5.29. The van der Waals surface area contributed by atoms with Gasteiger partial charge in [-0.3, -0.25) is 0 Å². The second-order valence-corrected chi connectivity index (χ2v) is 4.20. The van der Waals surface area contributed by atoms with Crippen LogP contribution in [0.4, 0.5) is 0 Å². The Morgan fingerprint density at radius 3 is 2.86 bits per heavy atom. The molecule has 1 aliphatic rings. The molecule has 0 nitrogen and oxygen atoms in total. The number of rotatable bonds is 0. The average molecular weight is 179 g/mol. The molecule has 0 amide bonds. The molecule has 0 aromatic rings. The van der Waals surface area contributed by atoms with Gasteiger partial charge in [-0.05, 0) is 21.8 Å². The molecule has 0 saturated heterocycles. The van der Waals surface area contributed by atoms with Crippen molar-refractivity contribution in [2.75, 3.05) is 5.75 Å². The Bertz CT molecular complexity index is 98.3. The van der Waals surface area contributed by atoms with Crippen LogP contribution in [0.3, 0.4) is 0 Å². The second kappa shape index (κ2) is 2.23. The molecular formula is C5H7BrS. The predicted octanol–water partition coefficient (Wildman–Crippen LogP) is 2.61. The van der Waals surface area contributed by atoms with Crippen LogP contribution in [-0.2, 0) is 0 Å². The average Bonchev–Trinajstić information content (AvgIpc) is 1.87. The number of allylic oxidation sites excluding steroid dienone is 1. The Hall–Kier alpha value is 0.570. The Morgan fingerprint density at radius 2 is 2.71 bits per heavy atom. The van der Waals surface area contributed by atoms with Crippen molar-refractivity contribution in [3.63, 3.8) is 0 Å². The van der Waals surface area contributed by atoms with Crippen molar-refractivity contribution < 1.29 is 0 Å².